The largest absolute Gasteiger partial charge is 0.489 e. The molecule has 3 aromatic carbocycles. The van der Waals surface area contributed by atoms with Gasteiger partial charge in [0.05, 0.1) is 6.20 Å². The first kappa shape index (κ1) is 23.1. The monoisotopic (exact) mass is 490 g/mol. The van der Waals surface area contributed by atoms with Crippen LogP contribution in [-0.4, -0.2) is 52.7 Å². The Labute approximate surface area is 216 Å². The van der Waals surface area contributed by atoms with Crippen molar-refractivity contribution in [2.45, 2.75) is 6.61 Å². The van der Waals surface area contributed by atoms with Crippen LogP contribution in [0.2, 0.25) is 0 Å². The lowest BCUT2D eigenvalue weighted by molar-refractivity contribution is 0.306. The summed E-state index contributed by atoms with van der Waals surface area (Å²) >= 11 is 0. The zero-order chi connectivity index (χ0) is 25.2. The molecule has 2 aromatic heterocycles. The molecule has 0 amide bonds. The van der Waals surface area contributed by atoms with Gasteiger partial charge in [0, 0.05) is 49.2 Å². The number of likely N-dealkylation sites (N-methyl/N-ethyl adjacent to an activating group) is 1. The predicted octanol–water partition coefficient (Wildman–Crippen LogP) is 4.98. The number of nitrogen functional groups attached to an aromatic ring is 1. The summed E-state index contributed by atoms with van der Waals surface area (Å²) < 4.78 is 7.73. The van der Waals surface area contributed by atoms with Crippen LogP contribution in [-0.2, 0) is 6.61 Å². The molecule has 37 heavy (non-hydrogen) atoms. The molecule has 2 N–H and O–H groups in total. The number of hydrogen-bond acceptors (Lipinski definition) is 6. The molecule has 0 spiro atoms. The van der Waals surface area contributed by atoms with Gasteiger partial charge in [0.2, 0.25) is 0 Å². The molecule has 0 radical (unpaired) electrons. The quantitative estimate of drug-likeness (QED) is 0.362. The molecule has 0 aliphatic carbocycles. The second-order valence-corrected chi connectivity index (χ2v) is 9.49. The van der Waals surface area contributed by atoms with Crippen LogP contribution in [0.15, 0.2) is 91.3 Å². The topological polar surface area (TPSA) is 71.9 Å². The Kier molecular flexibility index (Phi) is 6.20. The van der Waals surface area contributed by atoms with Crippen LogP contribution >= 0.6 is 0 Å². The molecule has 0 atom stereocenters. The second kappa shape index (κ2) is 9.95. The number of rotatable bonds is 6. The van der Waals surface area contributed by atoms with Crippen LogP contribution in [0.3, 0.4) is 0 Å². The first-order valence-corrected chi connectivity index (χ1v) is 12.6. The Morgan fingerprint density at radius 2 is 1.59 bits per heavy atom. The number of fused-ring (bicyclic) bond motifs is 1. The molecule has 1 fully saturated rings. The van der Waals surface area contributed by atoms with Gasteiger partial charge in [-0.2, -0.15) is 9.61 Å². The van der Waals surface area contributed by atoms with E-state index in [1.165, 1.54) is 5.69 Å². The van der Waals surface area contributed by atoms with Crippen LogP contribution in [0.1, 0.15) is 5.56 Å². The Bertz CT molecular complexity index is 1500. The molecule has 5 aromatic rings. The molecule has 0 bridgehead atoms. The normalized spacial score (nSPS) is 14.2. The Morgan fingerprint density at radius 1 is 0.811 bits per heavy atom. The van der Waals surface area contributed by atoms with Crippen molar-refractivity contribution >= 4 is 17.2 Å². The lowest BCUT2D eigenvalue weighted by Gasteiger charge is -2.34. The Hall–Kier alpha value is -4.36. The summed E-state index contributed by atoms with van der Waals surface area (Å²) in [5, 5.41) is 4.58. The highest BCUT2D eigenvalue weighted by Gasteiger charge is 2.17. The summed E-state index contributed by atoms with van der Waals surface area (Å²) in [4.78, 5) is 9.56. The lowest BCUT2D eigenvalue weighted by atomic mass is 10.1. The van der Waals surface area contributed by atoms with Crippen molar-refractivity contribution in [3.05, 3.63) is 96.8 Å². The molecule has 1 aliphatic heterocycles. The van der Waals surface area contributed by atoms with Crippen molar-refractivity contribution in [3.63, 3.8) is 0 Å². The summed E-state index contributed by atoms with van der Waals surface area (Å²) in [5.74, 6) is 1.33. The number of hydrogen-bond donors (Lipinski definition) is 1. The number of ether oxygens (including phenoxy) is 1. The van der Waals surface area contributed by atoms with Gasteiger partial charge in [-0.3, -0.25) is 0 Å². The van der Waals surface area contributed by atoms with E-state index in [1.807, 2.05) is 54.9 Å². The van der Waals surface area contributed by atoms with Gasteiger partial charge in [-0.25, -0.2) is 4.98 Å². The number of piperazine rings is 1. The Morgan fingerprint density at radius 3 is 2.38 bits per heavy atom. The van der Waals surface area contributed by atoms with Crippen molar-refractivity contribution in [3.8, 4) is 28.0 Å². The second-order valence-electron chi connectivity index (χ2n) is 9.49. The van der Waals surface area contributed by atoms with Gasteiger partial charge < -0.3 is 20.3 Å². The standard InChI is InChI=1S/C30H30N6O/c1-34-14-16-35(17-15-34)25-12-10-23(11-13-25)28-20-33-36-29(31)27(19-32-30(28)36)24-8-5-9-26(18-24)37-21-22-6-3-2-4-7-22/h2-13,18-20H,14-17,21,31H2,1H3. The molecule has 3 heterocycles. The third-order valence-electron chi connectivity index (χ3n) is 7.00. The average molecular weight is 491 g/mol. The van der Waals surface area contributed by atoms with Crippen molar-refractivity contribution in [1.82, 2.24) is 19.5 Å². The van der Waals surface area contributed by atoms with E-state index in [4.69, 9.17) is 15.5 Å². The van der Waals surface area contributed by atoms with E-state index in [1.54, 1.807) is 4.52 Å². The highest BCUT2D eigenvalue weighted by Crippen LogP contribution is 2.32. The zero-order valence-corrected chi connectivity index (χ0v) is 20.9. The van der Waals surface area contributed by atoms with Crippen LogP contribution < -0.4 is 15.4 Å². The van der Waals surface area contributed by atoms with Gasteiger partial charge in [-0.1, -0.05) is 54.6 Å². The van der Waals surface area contributed by atoms with Gasteiger partial charge >= 0.3 is 0 Å². The van der Waals surface area contributed by atoms with Crippen LogP contribution in [0.25, 0.3) is 27.9 Å². The maximum Gasteiger partial charge on any atom is 0.165 e. The van der Waals surface area contributed by atoms with Gasteiger partial charge in [0.1, 0.15) is 18.2 Å². The third kappa shape index (κ3) is 4.73. The SMILES string of the molecule is CN1CCN(c2ccc(-c3cnn4c(N)c(-c5cccc(OCc6ccccc6)c5)cnc34)cc2)CC1. The lowest BCUT2D eigenvalue weighted by Crippen LogP contribution is -2.44. The molecule has 7 nitrogen and oxygen atoms in total. The predicted molar refractivity (Wildman–Crippen MR) is 149 cm³/mol. The molecule has 7 heteroatoms. The third-order valence-corrected chi connectivity index (χ3v) is 7.00. The van der Waals surface area contributed by atoms with Gasteiger partial charge in [0.15, 0.2) is 5.65 Å². The minimum Gasteiger partial charge on any atom is -0.489 e. The number of anilines is 2. The van der Waals surface area contributed by atoms with Gasteiger partial charge in [-0.05, 0) is 48.0 Å². The highest BCUT2D eigenvalue weighted by molar-refractivity contribution is 5.82. The molecule has 186 valence electrons. The van der Waals surface area contributed by atoms with Crippen molar-refractivity contribution in [1.29, 1.82) is 0 Å². The number of benzene rings is 3. The molecule has 6 rings (SSSR count). The smallest absolute Gasteiger partial charge is 0.165 e. The fourth-order valence-corrected chi connectivity index (χ4v) is 4.79. The van der Waals surface area contributed by atoms with E-state index in [9.17, 15) is 0 Å². The minimum atomic E-state index is 0.507. The van der Waals surface area contributed by atoms with Crippen molar-refractivity contribution in [2.75, 3.05) is 43.9 Å². The van der Waals surface area contributed by atoms with Crippen LogP contribution in [0.5, 0.6) is 5.75 Å². The van der Waals surface area contributed by atoms with Gasteiger partial charge in [-0.15, -0.1) is 0 Å². The van der Waals surface area contributed by atoms with E-state index in [0.717, 1.165) is 65.4 Å². The maximum atomic E-state index is 6.60. The summed E-state index contributed by atoms with van der Waals surface area (Å²) in [6.45, 7) is 4.78. The van der Waals surface area contributed by atoms with E-state index in [0.29, 0.717) is 12.4 Å². The number of nitrogens with two attached hydrogens (primary N) is 1. The maximum absolute atomic E-state index is 6.60. The summed E-state index contributed by atoms with van der Waals surface area (Å²) in [5.41, 5.74) is 13.5. The fourth-order valence-electron chi connectivity index (χ4n) is 4.79. The number of nitrogens with zero attached hydrogens (tertiary/aromatic N) is 5. The number of aromatic nitrogens is 3. The summed E-state index contributed by atoms with van der Waals surface area (Å²) in [6.07, 6.45) is 3.66. The molecule has 0 saturated carbocycles. The minimum absolute atomic E-state index is 0.507. The highest BCUT2D eigenvalue weighted by atomic mass is 16.5. The van der Waals surface area contributed by atoms with E-state index in [2.05, 4.69) is 58.3 Å². The first-order valence-electron chi connectivity index (χ1n) is 12.6. The molecule has 1 saturated heterocycles. The summed E-state index contributed by atoms with van der Waals surface area (Å²) in [6, 6.07) is 26.7. The average Bonchev–Trinajstić information content (AvgIpc) is 3.39. The van der Waals surface area contributed by atoms with Crippen LogP contribution in [0, 0.1) is 0 Å². The molecule has 1 aliphatic rings. The van der Waals surface area contributed by atoms with E-state index >= 15 is 0 Å². The molecular weight excluding hydrogens is 460 g/mol. The first-order chi connectivity index (χ1) is 18.2. The van der Waals surface area contributed by atoms with Crippen molar-refractivity contribution in [2.24, 2.45) is 0 Å². The molecule has 0 unspecified atom stereocenters. The van der Waals surface area contributed by atoms with Gasteiger partial charge in [0.25, 0.3) is 0 Å². The van der Waals surface area contributed by atoms with Crippen molar-refractivity contribution < 1.29 is 4.74 Å². The van der Waals surface area contributed by atoms with E-state index < -0.39 is 0 Å². The van der Waals surface area contributed by atoms with Crippen LogP contribution in [0.4, 0.5) is 11.5 Å². The Balaban J connectivity index is 1.24. The summed E-state index contributed by atoms with van der Waals surface area (Å²) in [7, 11) is 2.17. The fraction of sp³-hybridized carbons (Fsp3) is 0.200. The molecular formula is C30H30N6O. The zero-order valence-electron chi connectivity index (χ0n) is 20.9. The van der Waals surface area contributed by atoms with E-state index in [-0.39, 0.29) is 0 Å².